The van der Waals surface area contributed by atoms with E-state index in [4.69, 9.17) is 0 Å². The Bertz CT molecular complexity index is 656. The molecule has 22 heavy (non-hydrogen) atoms. The summed E-state index contributed by atoms with van der Waals surface area (Å²) in [7, 11) is 1.81. The van der Waals surface area contributed by atoms with Gasteiger partial charge in [-0.15, -0.1) is 5.10 Å². The molecule has 2 aromatic rings. The summed E-state index contributed by atoms with van der Waals surface area (Å²) in [5.74, 6) is 0.415. The highest BCUT2D eigenvalue weighted by Gasteiger charge is 2.28. The van der Waals surface area contributed by atoms with E-state index in [1.54, 1.807) is 4.90 Å². The van der Waals surface area contributed by atoms with Gasteiger partial charge in [0, 0.05) is 18.1 Å². The molecule has 8 heteroatoms. The molecule has 1 aliphatic carbocycles. The fourth-order valence-corrected chi connectivity index (χ4v) is 3.17. The van der Waals surface area contributed by atoms with E-state index in [0.717, 1.165) is 28.0 Å². The highest BCUT2D eigenvalue weighted by Crippen LogP contribution is 2.36. The van der Waals surface area contributed by atoms with Gasteiger partial charge in [-0.3, -0.25) is 4.79 Å². The van der Waals surface area contributed by atoms with Crippen molar-refractivity contribution in [1.29, 1.82) is 0 Å². The summed E-state index contributed by atoms with van der Waals surface area (Å²) < 4.78 is 2.86. The van der Waals surface area contributed by atoms with E-state index in [1.165, 1.54) is 11.8 Å². The van der Waals surface area contributed by atoms with Crippen LogP contribution in [0.2, 0.25) is 0 Å². The highest BCUT2D eigenvalue weighted by molar-refractivity contribution is 9.10. The SMILES string of the molecule is CN(Cc1ccc(Br)cc1)C(=O)CSc1nnnn1C1CC1. The molecule has 6 nitrogen and oxygen atoms in total. The molecule has 1 aliphatic rings. The maximum atomic E-state index is 12.2. The predicted molar refractivity (Wildman–Crippen MR) is 87.4 cm³/mol. The summed E-state index contributed by atoms with van der Waals surface area (Å²) >= 11 is 4.81. The molecule has 0 atom stereocenters. The smallest absolute Gasteiger partial charge is 0.233 e. The maximum absolute atomic E-state index is 12.2. The van der Waals surface area contributed by atoms with Gasteiger partial charge in [0.1, 0.15) is 0 Å². The van der Waals surface area contributed by atoms with Gasteiger partial charge < -0.3 is 4.90 Å². The largest absolute Gasteiger partial charge is 0.341 e. The van der Waals surface area contributed by atoms with Crippen molar-refractivity contribution in [3.63, 3.8) is 0 Å². The third-order valence-electron chi connectivity index (χ3n) is 3.44. The Labute approximate surface area is 141 Å². The molecule has 1 aromatic carbocycles. The summed E-state index contributed by atoms with van der Waals surface area (Å²) in [5.41, 5.74) is 1.10. The monoisotopic (exact) mass is 381 g/mol. The zero-order valence-electron chi connectivity index (χ0n) is 12.1. The number of thioether (sulfide) groups is 1. The van der Waals surface area contributed by atoms with Crippen LogP contribution in [0.25, 0.3) is 0 Å². The van der Waals surface area contributed by atoms with Crippen LogP contribution in [-0.2, 0) is 11.3 Å². The van der Waals surface area contributed by atoms with Gasteiger partial charge >= 0.3 is 0 Å². The van der Waals surface area contributed by atoms with Crippen LogP contribution < -0.4 is 0 Å². The zero-order valence-corrected chi connectivity index (χ0v) is 14.5. The molecule has 0 spiro atoms. The second kappa shape index (κ2) is 6.78. The molecular formula is C14H16BrN5OS. The summed E-state index contributed by atoms with van der Waals surface area (Å²) in [5, 5.41) is 12.4. The van der Waals surface area contributed by atoms with Gasteiger partial charge in [-0.1, -0.05) is 39.8 Å². The van der Waals surface area contributed by atoms with Crippen molar-refractivity contribution in [3.8, 4) is 0 Å². The van der Waals surface area contributed by atoms with Crippen molar-refractivity contribution in [3.05, 3.63) is 34.3 Å². The standard InChI is InChI=1S/C14H16BrN5OS/c1-19(8-10-2-4-11(15)5-3-10)13(21)9-22-14-16-17-18-20(14)12-6-7-12/h2-5,12H,6-9H2,1H3. The molecular weight excluding hydrogens is 366 g/mol. The first-order chi connectivity index (χ1) is 10.6. The molecule has 116 valence electrons. The Hall–Kier alpha value is -1.41. The number of benzene rings is 1. The minimum absolute atomic E-state index is 0.0678. The molecule has 0 saturated heterocycles. The lowest BCUT2D eigenvalue weighted by molar-refractivity contribution is -0.127. The second-order valence-electron chi connectivity index (χ2n) is 5.30. The Balaban J connectivity index is 1.52. The van der Waals surface area contributed by atoms with Crippen LogP contribution in [0.5, 0.6) is 0 Å². The van der Waals surface area contributed by atoms with Crippen LogP contribution in [0.4, 0.5) is 0 Å². The first-order valence-corrected chi connectivity index (χ1v) is 8.80. The molecule has 3 rings (SSSR count). The number of tetrazole rings is 1. The van der Waals surface area contributed by atoms with Crippen LogP contribution in [0, 0.1) is 0 Å². The van der Waals surface area contributed by atoms with Gasteiger partial charge in [0.15, 0.2) is 0 Å². The van der Waals surface area contributed by atoms with Crippen molar-refractivity contribution in [2.75, 3.05) is 12.8 Å². The van der Waals surface area contributed by atoms with Crippen LogP contribution in [0.15, 0.2) is 33.9 Å². The van der Waals surface area contributed by atoms with Crippen molar-refractivity contribution in [2.45, 2.75) is 30.6 Å². The first-order valence-electron chi connectivity index (χ1n) is 7.02. The molecule has 0 N–H and O–H groups in total. The van der Waals surface area contributed by atoms with E-state index < -0.39 is 0 Å². The summed E-state index contributed by atoms with van der Waals surface area (Å²) in [6.07, 6.45) is 2.24. The van der Waals surface area contributed by atoms with Gasteiger partial charge in [0.05, 0.1) is 11.8 Å². The lowest BCUT2D eigenvalue weighted by Gasteiger charge is -2.17. The number of hydrogen-bond donors (Lipinski definition) is 0. The number of carbonyl (C=O) groups excluding carboxylic acids is 1. The molecule has 1 aromatic heterocycles. The molecule has 0 unspecified atom stereocenters. The number of amides is 1. The van der Waals surface area contributed by atoms with Gasteiger partial charge in [0.25, 0.3) is 0 Å². The van der Waals surface area contributed by atoms with Crippen molar-refractivity contribution in [2.24, 2.45) is 0 Å². The molecule has 1 amide bonds. The fourth-order valence-electron chi connectivity index (χ4n) is 2.02. The van der Waals surface area contributed by atoms with Gasteiger partial charge in [-0.25, -0.2) is 4.68 Å². The minimum atomic E-state index is 0.0678. The first kappa shape index (κ1) is 15.5. The van der Waals surface area contributed by atoms with Crippen molar-refractivity contribution < 1.29 is 4.79 Å². The molecule has 0 aliphatic heterocycles. The van der Waals surface area contributed by atoms with E-state index in [-0.39, 0.29) is 5.91 Å². The third kappa shape index (κ3) is 3.86. The lowest BCUT2D eigenvalue weighted by Crippen LogP contribution is -2.27. The second-order valence-corrected chi connectivity index (χ2v) is 7.16. The number of carbonyl (C=O) groups is 1. The molecule has 1 saturated carbocycles. The van der Waals surface area contributed by atoms with Crippen molar-refractivity contribution >= 4 is 33.6 Å². The van der Waals surface area contributed by atoms with Crippen LogP contribution in [0.1, 0.15) is 24.4 Å². The van der Waals surface area contributed by atoms with E-state index in [9.17, 15) is 4.79 Å². The van der Waals surface area contributed by atoms with Gasteiger partial charge in [-0.2, -0.15) is 0 Å². The fraction of sp³-hybridized carbons (Fsp3) is 0.429. The third-order valence-corrected chi connectivity index (χ3v) is 4.89. The topological polar surface area (TPSA) is 63.9 Å². The Morgan fingerprint density at radius 2 is 2.14 bits per heavy atom. The minimum Gasteiger partial charge on any atom is -0.341 e. The Morgan fingerprint density at radius 1 is 1.41 bits per heavy atom. The maximum Gasteiger partial charge on any atom is 0.233 e. The van der Waals surface area contributed by atoms with Crippen LogP contribution in [-0.4, -0.2) is 43.8 Å². The highest BCUT2D eigenvalue weighted by atomic mass is 79.9. The molecule has 0 bridgehead atoms. The quantitative estimate of drug-likeness (QED) is 0.719. The average Bonchev–Trinajstić information content (AvgIpc) is 3.25. The number of nitrogens with zero attached hydrogens (tertiary/aromatic N) is 5. The molecule has 0 radical (unpaired) electrons. The van der Waals surface area contributed by atoms with E-state index in [2.05, 4.69) is 31.5 Å². The molecule has 1 fully saturated rings. The molecule has 1 heterocycles. The van der Waals surface area contributed by atoms with Crippen LogP contribution >= 0.6 is 27.7 Å². The summed E-state index contributed by atoms with van der Waals surface area (Å²) in [6.45, 7) is 0.597. The van der Waals surface area contributed by atoms with E-state index >= 15 is 0 Å². The Morgan fingerprint density at radius 3 is 2.82 bits per heavy atom. The summed E-state index contributed by atoms with van der Waals surface area (Å²) in [4.78, 5) is 13.9. The lowest BCUT2D eigenvalue weighted by atomic mass is 10.2. The van der Waals surface area contributed by atoms with Gasteiger partial charge in [-0.05, 0) is 41.0 Å². The van der Waals surface area contributed by atoms with E-state index in [0.29, 0.717) is 18.3 Å². The number of hydrogen-bond acceptors (Lipinski definition) is 5. The normalized spacial score (nSPS) is 14.1. The Kier molecular flexibility index (Phi) is 4.77. The number of halogens is 1. The van der Waals surface area contributed by atoms with Crippen molar-refractivity contribution in [1.82, 2.24) is 25.1 Å². The zero-order chi connectivity index (χ0) is 15.5. The van der Waals surface area contributed by atoms with E-state index in [1.807, 2.05) is 36.0 Å². The average molecular weight is 382 g/mol. The van der Waals surface area contributed by atoms with Gasteiger partial charge in [0.2, 0.25) is 11.1 Å². The predicted octanol–water partition coefficient (Wildman–Crippen LogP) is 2.52. The summed E-state index contributed by atoms with van der Waals surface area (Å²) in [6, 6.07) is 8.40. The van der Waals surface area contributed by atoms with Crippen LogP contribution in [0.3, 0.4) is 0 Å². The number of rotatable bonds is 6. The number of aromatic nitrogens is 4.